The fourth-order valence-corrected chi connectivity index (χ4v) is 3.81. The Balaban J connectivity index is 0.00000108. The van der Waals surface area contributed by atoms with Crippen LogP contribution in [0.15, 0.2) is 6.07 Å². The Labute approximate surface area is 119 Å². The van der Waals surface area contributed by atoms with Crippen molar-refractivity contribution in [1.29, 1.82) is 0 Å². The third-order valence-electron chi connectivity index (χ3n) is 3.29. The van der Waals surface area contributed by atoms with Gasteiger partial charge in [0.25, 0.3) is 5.91 Å². The van der Waals surface area contributed by atoms with Crippen molar-refractivity contribution in [3.05, 3.63) is 20.3 Å². The summed E-state index contributed by atoms with van der Waals surface area (Å²) >= 11 is 13.0. The molecular formula is C10H11Cl3N2OS. The predicted octanol–water partition coefficient (Wildman–Crippen LogP) is 2.42. The number of piperidine rings is 1. The first-order chi connectivity index (χ1) is 7.66. The zero-order chi connectivity index (χ0) is 11.3. The predicted molar refractivity (Wildman–Crippen MR) is 72.7 cm³/mol. The maximum atomic E-state index is 11.9. The van der Waals surface area contributed by atoms with Gasteiger partial charge in [0.15, 0.2) is 0 Å². The molecular weight excluding hydrogens is 303 g/mol. The molecule has 2 atom stereocenters. The SMILES string of the molecule is Cl.O=C(NC1C2CNCC21)c1cc(Cl)sc1Cl. The number of amides is 1. The molecule has 3 rings (SSSR count). The molecule has 1 aromatic rings. The van der Waals surface area contributed by atoms with Crippen molar-refractivity contribution in [1.82, 2.24) is 10.6 Å². The standard InChI is InChI=1S/C10H10Cl2N2OS.ClH/c11-7-1-4(9(12)16-7)10(15)14-8-5-2-13-3-6(5)8;/h1,5-6,8,13H,2-3H2,(H,14,15);1H. The molecule has 1 aliphatic carbocycles. The summed E-state index contributed by atoms with van der Waals surface area (Å²) < 4.78 is 1.01. The first kappa shape index (κ1) is 13.4. The summed E-state index contributed by atoms with van der Waals surface area (Å²) in [6.07, 6.45) is 0. The van der Waals surface area contributed by atoms with Gasteiger partial charge in [-0.25, -0.2) is 0 Å². The molecule has 0 aromatic carbocycles. The van der Waals surface area contributed by atoms with Gasteiger partial charge in [0.05, 0.1) is 9.90 Å². The van der Waals surface area contributed by atoms with E-state index in [4.69, 9.17) is 23.2 Å². The fraction of sp³-hybridized carbons (Fsp3) is 0.500. The van der Waals surface area contributed by atoms with Crippen molar-refractivity contribution < 1.29 is 4.79 Å². The number of fused-ring (bicyclic) bond motifs is 1. The summed E-state index contributed by atoms with van der Waals surface area (Å²) in [4.78, 5) is 11.9. The Morgan fingerprint density at radius 1 is 1.41 bits per heavy atom. The smallest absolute Gasteiger partial charge is 0.253 e. The van der Waals surface area contributed by atoms with Crippen LogP contribution < -0.4 is 10.6 Å². The van der Waals surface area contributed by atoms with Crippen molar-refractivity contribution in [2.24, 2.45) is 11.8 Å². The van der Waals surface area contributed by atoms with E-state index in [2.05, 4.69) is 10.6 Å². The van der Waals surface area contributed by atoms with Gasteiger partial charge in [-0.2, -0.15) is 0 Å². The lowest BCUT2D eigenvalue weighted by Gasteiger charge is -2.06. The first-order valence-electron chi connectivity index (χ1n) is 5.13. The highest BCUT2D eigenvalue weighted by atomic mass is 35.5. The van der Waals surface area contributed by atoms with E-state index in [1.165, 1.54) is 11.3 Å². The molecule has 94 valence electrons. The van der Waals surface area contributed by atoms with Crippen LogP contribution in [-0.2, 0) is 0 Å². The molecule has 1 saturated carbocycles. The van der Waals surface area contributed by atoms with Gasteiger partial charge in [0.1, 0.15) is 4.34 Å². The highest BCUT2D eigenvalue weighted by Crippen LogP contribution is 2.42. The molecule has 7 heteroatoms. The molecule has 17 heavy (non-hydrogen) atoms. The van der Waals surface area contributed by atoms with Crippen LogP contribution in [0.3, 0.4) is 0 Å². The molecule has 1 aliphatic heterocycles. The van der Waals surface area contributed by atoms with Gasteiger partial charge in [-0.05, 0) is 17.9 Å². The van der Waals surface area contributed by atoms with Gasteiger partial charge in [-0.3, -0.25) is 4.79 Å². The zero-order valence-electron chi connectivity index (χ0n) is 8.70. The summed E-state index contributed by atoms with van der Waals surface area (Å²) in [7, 11) is 0. The summed E-state index contributed by atoms with van der Waals surface area (Å²) in [6.45, 7) is 2.02. The number of thiophene rings is 1. The van der Waals surface area contributed by atoms with Crippen LogP contribution in [0.1, 0.15) is 10.4 Å². The molecule has 1 amide bonds. The van der Waals surface area contributed by atoms with Crippen LogP contribution in [0.5, 0.6) is 0 Å². The van der Waals surface area contributed by atoms with Gasteiger partial charge in [0, 0.05) is 19.1 Å². The van der Waals surface area contributed by atoms with Crippen LogP contribution in [-0.4, -0.2) is 25.0 Å². The van der Waals surface area contributed by atoms with Crippen LogP contribution >= 0.6 is 46.9 Å². The number of nitrogens with one attached hydrogen (secondary N) is 2. The minimum Gasteiger partial charge on any atom is -0.349 e. The van der Waals surface area contributed by atoms with E-state index in [1.807, 2.05) is 0 Å². The third kappa shape index (κ3) is 2.42. The number of carbonyl (C=O) groups excluding carboxylic acids is 1. The monoisotopic (exact) mass is 312 g/mol. The Hall–Kier alpha value is -0.0000000000000000555. The van der Waals surface area contributed by atoms with E-state index >= 15 is 0 Å². The van der Waals surface area contributed by atoms with Crippen molar-refractivity contribution in [3.8, 4) is 0 Å². The Bertz CT molecular complexity index is 441. The molecule has 2 unspecified atom stereocenters. The largest absolute Gasteiger partial charge is 0.349 e. The van der Waals surface area contributed by atoms with E-state index in [9.17, 15) is 4.79 Å². The minimum atomic E-state index is -0.104. The van der Waals surface area contributed by atoms with Gasteiger partial charge in [-0.1, -0.05) is 23.2 Å². The Morgan fingerprint density at radius 2 is 2.06 bits per heavy atom. The quantitative estimate of drug-likeness (QED) is 0.880. The Kier molecular flexibility index (Phi) is 3.90. The average Bonchev–Trinajstić information content (AvgIpc) is 2.66. The summed E-state index contributed by atoms with van der Waals surface area (Å²) in [6, 6.07) is 1.95. The summed E-state index contributed by atoms with van der Waals surface area (Å²) in [5.74, 6) is 1.11. The normalized spacial score (nSPS) is 29.4. The molecule has 2 N–H and O–H groups in total. The summed E-state index contributed by atoms with van der Waals surface area (Å²) in [5.41, 5.74) is 0.495. The van der Waals surface area contributed by atoms with Crippen LogP contribution in [0.4, 0.5) is 0 Å². The minimum absolute atomic E-state index is 0. The maximum absolute atomic E-state index is 11.9. The van der Waals surface area contributed by atoms with Gasteiger partial charge in [-0.15, -0.1) is 23.7 Å². The zero-order valence-corrected chi connectivity index (χ0v) is 11.8. The topological polar surface area (TPSA) is 41.1 Å². The fourth-order valence-electron chi connectivity index (χ4n) is 2.36. The molecule has 3 nitrogen and oxygen atoms in total. The van der Waals surface area contributed by atoms with Crippen molar-refractivity contribution in [3.63, 3.8) is 0 Å². The second kappa shape index (κ2) is 4.94. The number of hydrogen-bond donors (Lipinski definition) is 2. The maximum Gasteiger partial charge on any atom is 0.253 e. The van der Waals surface area contributed by atoms with Crippen molar-refractivity contribution >= 4 is 52.9 Å². The molecule has 2 heterocycles. The third-order valence-corrected chi connectivity index (χ3v) is 4.78. The highest BCUT2D eigenvalue weighted by Gasteiger charge is 2.53. The molecule has 2 fully saturated rings. The lowest BCUT2D eigenvalue weighted by atomic mass is 10.3. The summed E-state index contributed by atoms with van der Waals surface area (Å²) in [5, 5.41) is 6.29. The molecule has 2 aliphatic rings. The molecule has 0 radical (unpaired) electrons. The van der Waals surface area contributed by atoms with E-state index < -0.39 is 0 Å². The number of rotatable bonds is 2. The average molecular weight is 314 g/mol. The molecule has 0 bridgehead atoms. The second-order valence-electron chi connectivity index (χ2n) is 4.22. The van der Waals surface area contributed by atoms with Gasteiger partial charge < -0.3 is 10.6 Å². The van der Waals surface area contributed by atoms with E-state index in [0.29, 0.717) is 32.1 Å². The number of hydrogen-bond acceptors (Lipinski definition) is 3. The number of carbonyl (C=O) groups is 1. The van der Waals surface area contributed by atoms with E-state index in [1.54, 1.807) is 6.07 Å². The van der Waals surface area contributed by atoms with Crippen LogP contribution in [0, 0.1) is 11.8 Å². The van der Waals surface area contributed by atoms with E-state index in [-0.39, 0.29) is 18.3 Å². The van der Waals surface area contributed by atoms with Crippen molar-refractivity contribution in [2.75, 3.05) is 13.1 Å². The van der Waals surface area contributed by atoms with Crippen LogP contribution in [0.25, 0.3) is 0 Å². The lowest BCUT2D eigenvalue weighted by molar-refractivity contribution is 0.0947. The molecule has 1 saturated heterocycles. The van der Waals surface area contributed by atoms with Crippen LogP contribution in [0.2, 0.25) is 8.67 Å². The van der Waals surface area contributed by atoms with Crippen molar-refractivity contribution in [2.45, 2.75) is 6.04 Å². The number of halogens is 3. The molecule has 1 aromatic heterocycles. The Morgan fingerprint density at radius 3 is 2.59 bits per heavy atom. The van der Waals surface area contributed by atoms with Gasteiger partial charge >= 0.3 is 0 Å². The highest BCUT2D eigenvalue weighted by molar-refractivity contribution is 7.20. The first-order valence-corrected chi connectivity index (χ1v) is 6.70. The van der Waals surface area contributed by atoms with Gasteiger partial charge in [0.2, 0.25) is 0 Å². The van der Waals surface area contributed by atoms with E-state index in [0.717, 1.165) is 13.1 Å². The second-order valence-corrected chi connectivity index (χ2v) is 6.51. The lowest BCUT2D eigenvalue weighted by Crippen LogP contribution is -2.32. The molecule has 0 spiro atoms.